The van der Waals surface area contributed by atoms with E-state index in [4.69, 9.17) is 9.84 Å². The second-order valence-electron chi connectivity index (χ2n) is 6.19. The van der Waals surface area contributed by atoms with Crippen LogP contribution in [0.15, 0.2) is 24.3 Å². The number of hydrogen-bond donors (Lipinski definition) is 2. The molecule has 1 atom stereocenters. The number of carbonyl (C=O) groups excluding carboxylic acids is 1. The molecule has 0 radical (unpaired) electrons. The highest BCUT2D eigenvalue weighted by Crippen LogP contribution is 2.29. The van der Waals surface area contributed by atoms with Crippen molar-refractivity contribution < 1.29 is 32.6 Å². The fourth-order valence-corrected chi connectivity index (χ4v) is 1.82. The number of aliphatic carboxylic acids is 1. The molecule has 1 amide bonds. The zero-order chi connectivity index (χ0) is 18.5. The van der Waals surface area contributed by atoms with Gasteiger partial charge in [0.15, 0.2) is 0 Å². The van der Waals surface area contributed by atoms with Gasteiger partial charge in [0.1, 0.15) is 6.04 Å². The molecule has 8 heteroatoms. The average molecular weight is 347 g/mol. The Kier molecular flexibility index (Phi) is 6.36. The Morgan fingerprint density at radius 2 is 1.88 bits per heavy atom. The molecule has 2 N–H and O–H groups in total. The molecule has 5 nitrogen and oxygen atoms in total. The minimum atomic E-state index is -4.58. The summed E-state index contributed by atoms with van der Waals surface area (Å²) >= 11 is 0. The van der Waals surface area contributed by atoms with E-state index in [-0.39, 0.29) is 18.6 Å². The normalized spacial score (nSPS) is 13.4. The molecule has 0 saturated carbocycles. The van der Waals surface area contributed by atoms with Gasteiger partial charge in [0.05, 0.1) is 11.2 Å². The summed E-state index contributed by atoms with van der Waals surface area (Å²) in [6.07, 6.45) is -4.58. The SMILES string of the molecule is CC(C)(C)OCCC(NC(=O)c1cccc(C(F)(F)F)c1)C(=O)O. The zero-order valence-corrected chi connectivity index (χ0v) is 13.6. The standard InChI is InChI=1S/C16H20F3NO4/c1-15(2,3)24-8-7-12(14(22)23)20-13(21)10-5-4-6-11(9-10)16(17,18)19/h4-6,9,12H,7-8H2,1-3H3,(H,20,21)(H,22,23). The van der Waals surface area contributed by atoms with E-state index in [9.17, 15) is 22.8 Å². The first-order valence-electron chi connectivity index (χ1n) is 7.25. The van der Waals surface area contributed by atoms with Crippen molar-refractivity contribution in [3.8, 4) is 0 Å². The summed E-state index contributed by atoms with van der Waals surface area (Å²) in [5.74, 6) is -2.17. The number of benzene rings is 1. The van der Waals surface area contributed by atoms with Crippen LogP contribution in [0.2, 0.25) is 0 Å². The lowest BCUT2D eigenvalue weighted by Gasteiger charge is -2.21. The Labute approximate surface area is 137 Å². The highest BCUT2D eigenvalue weighted by molar-refractivity contribution is 5.96. The van der Waals surface area contributed by atoms with Crippen LogP contribution in [0, 0.1) is 0 Å². The summed E-state index contributed by atoms with van der Waals surface area (Å²) in [7, 11) is 0. The number of carboxylic acid groups (broad SMARTS) is 1. The molecule has 0 heterocycles. The quantitative estimate of drug-likeness (QED) is 0.829. The van der Waals surface area contributed by atoms with Crippen molar-refractivity contribution in [1.82, 2.24) is 5.32 Å². The monoisotopic (exact) mass is 347 g/mol. The molecule has 0 aliphatic carbocycles. The summed E-state index contributed by atoms with van der Waals surface area (Å²) in [6, 6.07) is 2.54. The fourth-order valence-electron chi connectivity index (χ4n) is 1.82. The van der Waals surface area contributed by atoms with Crippen LogP contribution in [-0.4, -0.2) is 35.2 Å². The molecular formula is C16H20F3NO4. The van der Waals surface area contributed by atoms with Gasteiger partial charge in [0.2, 0.25) is 0 Å². The maximum absolute atomic E-state index is 12.7. The van der Waals surface area contributed by atoms with Crippen molar-refractivity contribution in [1.29, 1.82) is 0 Å². The van der Waals surface area contributed by atoms with Gasteiger partial charge in [-0.2, -0.15) is 13.2 Å². The largest absolute Gasteiger partial charge is 0.480 e. The summed E-state index contributed by atoms with van der Waals surface area (Å²) < 4.78 is 43.4. The average Bonchev–Trinajstić information content (AvgIpc) is 2.44. The van der Waals surface area contributed by atoms with E-state index in [0.717, 1.165) is 12.1 Å². The molecule has 134 valence electrons. The molecule has 0 spiro atoms. The van der Waals surface area contributed by atoms with Crippen LogP contribution in [0.1, 0.15) is 43.1 Å². The summed E-state index contributed by atoms with van der Waals surface area (Å²) in [5.41, 5.74) is -1.69. The fraction of sp³-hybridized carbons (Fsp3) is 0.500. The van der Waals surface area contributed by atoms with E-state index in [1.54, 1.807) is 20.8 Å². The van der Waals surface area contributed by atoms with E-state index in [0.29, 0.717) is 6.07 Å². The van der Waals surface area contributed by atoms with Crippen LogP contribution in [0.25, 0.3) is 0 Å². The lowest BCUT2D eigenvalue weighted by Crippen LogP contribution is -2.42. The van der Waals surface area contributed by atoms with E-state index in [1.165, 1.54) is 6.07 Å². The summed E-state index contributed by atoms with van der Waals surface area (Å²) in [5, 5.41) is 11.3. The Morgan fingerprint density at radius 3 is 2.38 bits per heavy atom. The number of hydrogen-bond acceptors (Lipinski definition) is 3. The highest BCUT2D eigenvalue weighted by atomic mass is 19.4. The molecule has 1 aromatic rings. The Balaban J connectivity index is 2.77. The maximum atomic E-state index is 12.7. The number of rotatable bonds is 6. The minimum absolute atomic E-state index is 0.00267. The van der Waals surface area contributed by atoms with Crippen molar-refractivity contribution in [2.75, 3.05) is 6.61 Å². The van der Waals surface area contributed by atoms with Gasteiger partial charge in [-0.3, -0.25) is 4.79 Å². The molecule has 24 heavy (non-hydrogen) atoms. The van der Waals surface area contributed by atoms with Gasteiger partial charge in [0, 0.05) is 18.6 Å². The molecule has 1 unspecified atom stereocenters. The summed E-state index contributed by atoms with van der Waals surface area (Å²) in [6.45, 7) is 5.47. The number of alkyl halides is 3. The van der Waals surface area contributed by atoms with Crippen molar-refractivity contribution in [2.45, 2.75) is 45.0 Å². The van der Waals surface area contributed by atoms with Crippen molar-refractivity contribution >= 4 is 11.9 Å². The summed E-state index contributed by atoms with van der Waals surface area (Å²) in [4.78, 5) is 23.2. The third-order valence-corrected chi connectivity index (χ3v) is 3.00. The molecule has 0 aliphatic rings. The third-order valence-electron chi connectivity index (χ3n) is 3.00. The van der Waals surface area contributed by atoms with Crippen LogP contribution in [0.5, 0.6) is 0 Å². The lowest BCUT2D eigenvalue weighted by molar-refractivity contribution is -0.140. The van der Waals surface area contributed by atoms with E-state index in [1.807, 2.05) is 0 Å². The van der Waals surface area contributed by atoms with E-state index in [2.05, 4.69) is 5.32 Å². The number of carboxylic acids is 1. The van der Waals surface area contributed by atoms with Gasteiger partial charge in [-0.05, 0) is 39.0 Å². The topological polar surface area (TPSA) is 75.6 Å². The van der Waals surface area contributed by atoms with Crippen LogP contribution in [0.3, 0.4) is 0 Å². The van der Waals surface area contributed by atoms with Gasteiger partial charge in [0.25, 0.3) is 5.91 Å². The van der Waals surface area contributed by atoms with Crippen LogP contribution < -0.4 is 5.32 Å². The van der Waals surface area contributed by atoms with Crippen molar-refractivity contribution in [2.24, 2.45) is 0 Å². The highest BCUT2D eigenvalue weighted by Gasteiger charge is 2.31. The number of nitrogens with one attached hydrogen (secondary N) is 1. The molecule has 0 aliphatic heterocycles. The predicted octanol–water partition coefficient (Wildman–Crippen LogP) is 3.09. The van der Waals surface area contributed by atoms with Gasteiger partial charge in [-0.25, -0.2) is 4.79 Å². The smallest absolute Gasteiger partial charge is 0.416 e. The van der Waals surface area contributed by atoms with Crippen molar-refractivity contribution in [3.63, 3.8) is 0 Å². The number of ether oxygens (including phenoxy) is 1. The predicted molar refractivity (Wildman–Crippen MR) is 80.7 cm³/mol. The zero-order valence-electron chi connectivity index (χ0n) is 13.6. The first-order valence-corrected chi connectivity index (χ1v) is 7.25. The molecule has 1 rings (SSSR count). The second-order valence-corrected chi connectivity index (χ2v) is 6.19. The third kappa shape index (κ3) is 6.57. The molecule has 0 bridgehead atoms. The molecule has 0 saturated heterocycles. The molecular weight excluding hydrogens is 327 g/mol. The Bertz CT molecular complexity index is 594. The number of carbonyl (C=O) groups is 2. The van der Waals surface area contributed by atoms with Crippen LogP contribution >= 0.6 is 0 Å². The van der Waals surface area contributed by atoms with Gasteiger partial charge in [-0.15, -0.1) is 0 Å². The van der Waals surface area contributed by atoms with Crippen LogP contribution in [-0.2, 0) is 15.7 Å². The molecule has 0 fully saturated rings. The first-order chi connectivity index (χ1) is 10.9. The number of halogens is 3. The first kappa shape index (κ1) is 20.0. The minimum Gasteiger partial charge on any atom is -0.480 e. The lowest BCUT2D eigenvalue weighted by atomic mass is 10.1. The second kappa shape index (κ2) is 7.65. The van der Waals surface area contributed by atoms with E-state index < -0.39 is 35.3 Å². The Hall–Kier alpha value is -2.09. The van der Waals surface area contributed by atoms with E-state index >= 15 is 0 Å². The van der Waals surface area contributed by atoms with Crippen LogP contribution in [0.4, 0.5) is 13.2 Å². The molecule has 1 aromatic carbocycles. The van der Waals surface area contributed by atoms with Gasteiger partial charge in [-0.1, -0.05) is 6.07 Å². The molecule has 0 aromatic heterocycles. The van der Waals surface area contributed by atoms with Gasteiger partial charge < -0.3 is 15.2 Å². The van der Waals surface area contributed by atoms with Gasteiger partial charge >= 0.3 is 12.1 Å². The number of amides is 1. The Morgan fingerprint density at radius 1 is 1.25 bits per heavy atom. The van der Waals surface area contributed by atoms with Crippen molar-refractivity contribution in [3.05, 3.63) is 35.4 Å². The maximum Gasteiger partial charge on any atom is 0.416 e.